The number of hydrogen-bond donors (Lipinski definition) is 1. The van der Waals surface area contributed by atoms with Crippen LogP contribution in [0.5, 0.6) is 0 Å². The van der Waals surface area contributed by atoms with Crippen LogP contribution in [-0.2, 0) is 6.42 Å². The van der Waals surface area contributed by atoms with Gasteiger partial charge >= 0.3 is 0 Å². The van der Waals surface area contributed by atoms with Crippen LogP contribution in [0.25, 0.3) is 0 Å². The zero-order chi connectivity index (χ0) is 13.3. The van der Waals surface area contributed by atoms with Gasteiger partial charge in [0.25, 0.3) is 0 Å². The van der Waals surface area contributed by atoms with Crippen LogP contribution in [0.4, 0.5) is 0 Å². The highest BCUT2D eigenvalue weighted by Gasteiger charge is 2.33. The van der Waals surface area contributed by atoms with E-state index >= 15 is 0 Å². The largest absolute Gasteiger partial charge is 0.327 e. The fraction of sp³-hybridized carbons (Fsp3) is 0.647. The van der Waals surface area contributed by atoms with Gasteiger partial charge in [-0.3, -0.25) is 0 Å². The molecule has 1 saturated carbocycles. The molecule has 2 N–H and O–H groups in total. The molecule has 2 rings (SSSR count). The first-order valence-corrected chi connectivity index (χ1v) is 7.19. The lowest BCUT2D eigenvalue weighted by molar-refractivity contribution is 0.157. The van der Waals surface area contributed by atoms with Gasteiger partial charge in [0, 0.05) is 6.04 Å². The third-order valence-corrected chi connectivity index (χ3v) is 4.56. The summed E-state index contributed by atoms with van der Waals surface area (Å²) in [7, 11) is 0. The van der Waals surface area contributed by atoms with Gasteiger partial charge in [-0.15, -0.1) is 0 Å². The number of aryl methyl sites for hydroxylation is 2. The van der Waals surface area contributed by atoms with Crippen molar-refractivity contribution in [1.82, 2.24) is 0 Å². The van der Waals surface area contributed by atoms with Gasteiger partial charge in [-0.05, 0) is 62.0 Å². The normalized spacial score (nSPS) is 27.2. The van der Waals surface area contributed by atoms with Crippen LogP contribution in [0.3, 0.4) is 0 Å². The zero-order valence-electron chi connectivity index (χ0n) is 12.3. The van der Waals surface area contributed by atoms with Gasteiger partial charge in [0.15, 0.2) is 0 Å². The van der Waals surface area contributed by atoms with Gasteiger partial charge < -0.3 is 5.73 Å². The summed E-state index contributed by atoms with van der Waals surface area (Å²) in [5, 5.41) is 0. The molecule has 0 aliphatic heterocycles. The van der Waals surface area contributed by atoms with Crippen molar-refractivity contribution in [3.8, 4) is 0 Å². The van der Waals surface area contributed by atoms with E-state index in [1.165, 1.54) is 36.0 Å². The lowest BCUT2D eigenvalue weighted by Gasteiger charge is -2.39. The van der Waals surface area contributed by atoms with Crippen molar-refractivity contribution in [2.45, 2.75) is 59.4 Å². The number of benzene rings is 1. The standard InChI is InChI=1S/C17H27N/c1-12-5-6-13(2)14(9-12)10-15-11-17(3,4)8-7-16(15)18/h5-6,9,15-16H,7-8,10-11,18H2,1-4H3. The Morgan fingerprint density at radius 2 is 2.00 bits per heavy atom. The van der Waals surface area contributed by atoms with Crippen molar-refractivity contribution in [3.63, 3.8) is 0 Å². The predicted octanol–water partition coefficient (Wildman–Crippen LogP) is 4.00. The molecule has 100 valence electrons. The molecule has 1 fully saturated rings. The number of nitrogens with two attached hydrogens (primary N) is 1. The Bertz CT molecular complexity index is 420. The van der Waals surface area contributed by atoms with Gasteiger partial charge in [-0.2, -0.15) is 0 Å². The lowest BCUT2D eigenvalue weighted by Crippen LogP contribution is -2.40. The van der Waals surface area contributed by atoms with E-state index in [0.717, 1.165) is 6.42 Å². The predicted molar refractivity (Wildman–Crippen MR) is 78.7 cm³/mol. The molecule has 0 saturated heterocycles. The Morgan fingerprint density at radius 1 is 1.28 bits per heavy atom. The summed E-state index contributed by atoms with van der Waals surface area (Å²) in [4.78, 5) is 0. The maximum atomic E-state index is 6.34. The van der Waals surface area contributed by atoms with Gasteiger partial charge in [-0.25, -0.2) is 0 Å². The highest BCUT2D eigenvalue weighted by Crippen LogP contribution is 2.39. The monoisotopic (exact) mass is 245 g/mol. The van der Waals surface area contributed by atoms with Gasteiger partial charge in [0.05, 0.1) is 0 Å². The summed E-state index contributed by atoms with van der Waals surface area (Å²) in [5.41, 5.74) is 11.1. The second kappa shape index (κ2) is 5.05. The Hall–Kier alpha value is -0.820. The molecule has 0 spiro atoms. The molecule has 0 aromatic heterocycles. The molecule has 2 unspecified atom stereocenters. The molecule has 18 heavy (non-hydrogen) atoms. The van der Waals surface area contributed by atoms with Gasteiger partial charge in [0.1, 0.15) is 0 Å². The molecule has 0 radical (unpaired) electrons. The third-order valence-electron chi connectivity index (χ3n) is 4.56. The molecule has 2 atom stereocenters. The number of hydrogen-bond acceptors (Lipinski definition) is 1. The molecule has 1 aromatic carbocycles. The molecule has 1 aliphatic rings. The van der Waals surface area contributed by atoms with Crippen LogP contribution < -0.4 is 5.73 Å². The zero-order valence-corrected chi connectivity index (χ0v) is 12.3. The molecule has 0 amide bonds. The van der Waals surface area contributed by atoms with Crippen LogP contribution >= 0.6 is 0 Å². The summed E-state index contributed by atoms with van der Waals surface area (Å²) < 4.78 is 0. The van der Waals surface area contributed by atoms with E-state index in [1.807, 2.05) is 0 Å². The first-order valence-electron chi connectivity index (χ1n) is 7.19. The minimum Gasteiger partial charge on any atom is -0.327 e. The molecule has 1 aliphatic carbocycles. The summed E-state index contributed by atoms with van der Waals surface area (Å²) in [6.07, 6.45) is 4.87. The van der Waals surface area contributed by atoms with Crippen molar-refractivity contribution in [2.75, 3.05) is 0 Å². The van der Waals surface area contributed by atoms with Crippen LogP contribution in [0.15, 0.2) is 18.2 Å². The second-order valence-electron chi connectivity index (χ2n) is 6.97. The van der Waals surface area contributed by atoms with E-state index in [9.17, 15) is 0 Å². The molecule has 1 aromatic rings. The van der Waals surface area contributed by atoms with E-state index in [4.69, 9.17) is 5.73 Å². The Kier molecular flexibility index (Phi) is 3.82. The van der Waals surface area contributed by atoms with Crippen molar-refractivity contribution in [2.24, 2.45) is 17.1 Å². The smallest absolute Gasteiger partial charge is 0.00707 e. The van der Waals surface area contributed by atoms with E-state index in [1.54, 1.807) is 0 Å². The topological polar surface area (TPSA) is 26.0 Å². The minimum atomic E-state index is 0.387. The highest BCUT2D eigenvalue weighted by atomic mass is 14.7. The average molecular weight is 245 g/mol. The molecule has 0 bridgehead atoms. The van der Waals surface area contributed by atoms with Crippen molar-refractivity contribution < 1.29 is 0 Å². The molecule has 1 nitrogen and oxygen atoms in total. The van der Waals surface area contributed by atoms with Gasteiger partial charge in [0.2, 0.25) is 0 Å². The second-order valence-corrected chi connectivity index (χ2v) is 6.97. The molecule has 0 heterocycles. The lowest BCUT2D eigenvalue weighted by atomic mass is 9.68. The van der Waals surface area contributed by atoms with Crippen molar-refractivity contribution in [1.29, 1.82) is 0 Å². The maximum Gasteiger partial charge on any atom is 0.00707 e. The molecular formula is C17H27N. The number of rotatable bonds is 2. The molecule has 1 heteroatoms. The summed E-state index contributed by atoms with van der Waals surface area (Å²) in [5.74, 6) is 0.647. The van der Waals surface area contributed by atoms with E-state index < -0.39 is 0 Å². The summed E-state index contributed by atoms with van der Waals surface area (Å²) in [6, 6.07) is 7.16. The van der Waals surface area contributed by atoms with Crippen LogP contribution in [-0.4, -0.2) is 6.04 Å². The first-order chi connectivity index (χ1) is 8.37. The van der Waals surface area contributed by atoms with Crippen LogP contribution in [0.2, 0.25) is 0 Å². The van der Waals surface area contributed by atoms with Gasteiger partial charge in [-0.1, -0.05) is 37.6 Å². The van der Waals surface area contributed by atoms with E-state index in [-0.39, 0.29) is 0 Å². The van der Waals surface area contributed by atoms with E-state index in [2.05, 4.69) is 45.9 Å². The SMILES string of the molecule is Cc1ccc(C)c(CC2CC(C)(C)CCC2N)c1. The first kappa shape index (κ1) is 13.6. The van der Waals surface area contributed by atoms with Crippen molar-refractivity contribution in [3.05, 3.63) is 34.9 Å². The highest BCUT2D eigenvalue weighted by molar-refractivity contribution is 5.31. The fourth-order valence-electron chi connectivity index (χ4n) is 3.28. The summed E-state index contributed by atoms with van der Waals surface area (Å²) >= 11 is 0. The Labute approximate surface area is 112 Å². The Balaban J connectivity index is 2.14. The minimum absolute atomic E-state index is 0.387. The van der Waals surface area contributed by atoms with E-state index in [0.29, 0.717) is 17.4 Å². The molecular weight excluding hydrogens is 218 g/mol. The average Bonchev–Trinajstić information content (AvgIpc) is 2.28. The Morgan fingerprint density at radius 3 is 2.72 bits per heavy atom. The maximum absolute atomic E-state index is 6.34. The third kappa shape index (κ3) is 3.14. The van der Waals surface area contributed by atoms with Crippen LogP contribution in [0, 0.1) is 25.2 Å². The quantitative estimate of drug-likeness (QED) is 0.837. The summed E-state index contributed by atoms with van der Waals surface area (Å²) in [6.45, 7) is 9.16. The fourth-order valence-corrected chi connectivity index (χ4v) is 3.28. The van der Waals surface area contributed by atoms with Crippen molar-refractivity contribution >= 4 is 0 Å². The van der Waals surface area contributed by atoms with Crippen LogP contribution in [0.1, 0.15) is 49.8 Å².